The highest BCUT2D eigenvalue weighted by Gasteiger charge is 2.22. The molecule has 0 aliphatic rings. The third-order valence-electron chi connectivity index (χ3n) is 3.43. The molecule has 3 heteroatoms. The van der Waals surface area contributed by atoms with E-state index in [1.807, 2.05) is 50.2 Å². The predicted molar refractivity (Wildman–Crippen MR) is 81.4 cm³/mol. The number of rotatable bonds is 4. The van der Waals surface area contributed by atoms with E-state index in [-0.39, 0.29) is 0 Å². The molecule has 2 aromatic rings. The molecule has 0 aliphatic carbocycles. The third kappa shape index (κ3) is 3.40. The zero-order valence-electron chi connectivity index (χ0n) is 11.6. The first-order valence-electron chi connectivity index (χ1n) is 6.52. The topological polar surface area (TPSA) is 37.3 Å². The fourth-order valence-corrected chi connectivity index (χ4v) is 2.66. The molecular weight excluding hydrogens is 272 g/mol. The van der Waals surface area contributed by atoms with E-state index in [4.69, 9.17) is 11.6 Å². The number of aliphatic carboxylic acids is 1. The van der Waals surface area contributed by atoms with Gasteiger partial charge in [0.05, 0.1) is 5.92 Å². The molecule has 2 rings (SSSR count). The number of carboxylic acids is 1. The van der Waals surface area contributed by atoms with Crippen LogP contribution in [0.15, 0.2) is 42.5 Å². The number of carbonyl (C=O) groups is 1. The van der Waals surface area contributed by atoms with Gasteiger partial charge in [-0.25, -0.2) is 0 Å². The fraction of sp³-hybridized carbons (Fsp3) is 0.235. The van der Waals surface area contributed by atoms with E-state index < -0.39 is 11.9 Å². The van der Waals surface area contributed by atoms with E-state index >= 15 is 0 Å². The Hall–Kier alpha value is -1.80. The average Bonchev–Trinajstić information content (AvgIpc) is 2.36. The van der Waals surface area contributed by atoms with Crippen molar-refractivity contribution in [3.05, 3.63) is 69.7 Å². The molecule has 0 amide bonds. The van der Waals surface area contributed by atoms with Gasteiger partial charge in [-0.3, -0.25) is 4.79 Å². The van der Waals surface area contributed by atoms with Crippen molar-refractivity contribution in [2.24, 2.45) is 0 Å². The Morgan fingerprint density at radius 3 is 2.55 bits per heavy atom. The molecule has 0 radical (unpaired) electrons. The van der Waals surface area contributed by atoms with Gasteiger partial charge in [-0.2, -0.15) is 0 Å². The van der Waals surface area contributed by atoms with Crippen molar-refractivity contribution in [2.75, 3.05) is 0 Å². The Bertz CT molecular complexity index is 635. The summed E-state index contributed by atoms with van der Waals surface area (Å²) >= 11 is 5.96. The summed E-state index contributed by atoms with van der Waals surface area (Å²) in [5.74, 6) is -1.36. The minimum atomic E-state index is -0.808. The minimum absolute atomic E-state index is 0.444. The Labute approximate surface area is 124 Å². The molecule has 1 unspecified atom stereocenters. The van der Waals surface area contributed by atoms with Crippen LogP contribution in [-0.2, 0) is 11.2 Å². The van der Waals surface area contributed by atoms with Crippen LogP contribution >= 0.6 is 11.6 Å². The molecule has 0 saturated carbocycles. The number of benzene rings is 2. The zero-order chi connectivity index (χ0) is 14.7. The van der Waals surface area contributed by atoms with Gasteiger partial charge in [-0.15, -0.1) is 0 Å². The number of halogens is 1. The third-order valence-corrected chi connectivity index (χ3v) is 3.66. The molecule has 2 nitrogen and oxygen atoms in total. The summed E-state index contributed by atoms with van der Waals surface area (Å²) < 4.78 is 0. The summed E-state index contributed by atoms with van der Waals surface area (Å²) in [7, 11) is 0. The maximum absolute atomic E-state index is 11.6. The Morgan fingerprint density at radius 1 is 1.20 bits per heavy atom. The van der Waals surface area contributed by atoms with Gasteiger partial charge in [0.2, 0.25) is 0 Å². The van der Waals surface area contributed by atoms with Crippen molar-refractivity contribution >= 4 is 17.6 Å². The summed E-state index contributed by atoms with van der Waals surface area (Å²) in [6.07, 6.45) is 0.444. The Kier molecular flexibility index (Phi) is 4.46. The van der Waals surface area contributed by atoms with Crippen LogP contribution < -0.4 is 0 Å². The molecule has 20 heavy (non-hydrogen) atoms. The zero-order valence-corrected chi connectivity index (χ0v) is 12.3. The first kappa shape index (κ1) is 14.6. The predicted octanol–water partition coefficient (Wildman–Crippen LogP) is 4.37. The number of hydrogen-bond donors (Lipinski definition) is 1. The maximum Gasteiger partial charge on any atom is 0.311 e. The maximum atomic E-state index is 11.6. The van der Waals surface area contributed by atoms with Gasteiger partial charge < -0.3 is 5.11 Å². The lowest BCUT2D eigenvalue weighted by molar-refractivity contribution is -0.138. The largest absolute Gasteiger partial charge is 0.481 e. The molecule has 0 aromatic heterocycles. The second kappa shape index (κ2) is 6.10. The van der Waals surface area contributed by atoms with Crippen molar-refractivity contribution in [3.8, 4) is 0 Å². The highest BCUT2D eigenvalue weighted by atomic mass is 35.5. The lowest BCUT2D eigenvalue weighted by Crippen LogP contribution is -2.15. The van der Waals surface area contributed by atoms with Gasteiger partial charge in [-0.05, 0) is 49.1 Å². The average molecular weight is 289 g/mol. The lowest BCUT2D eigenvalue weighted by Gasteiger charge is -2.16. The van der Waals surface area contributed by atoms with Crippen molar-refractivity contribution in [1.82, 2.24) is 0 Å². The smallest absolute Gasteiger partial charge is 0.311 e. The van der Waals surface area contributed by atoms with Crippen LogP contribution in [0.1, 0.15) is 28.2 Å². The van der Waals surface area contributed by atoms with Crippen LogP contribution in [-0.4, -0.2) is 11.1 Å². The first-order valence-corrected chi connectivity index (χ1v) is 6.89. The second-order valence-corrected chi connectivity index (χ2v) is 5.52. The number of hydrogen-bond acceptors (Lipinski definition) is 1. The van der Waals surface area contributed by atoms with E-state index in [1.165, 1.54) is 0 Å². The monoisotopic (exact) mass is 288 g/mol. The molecule has 2 aromatic carbocycles. The molecule has 1 N–H and O–H groups in total. The van der Waals surface area contributed by atoms with Crippen molar-refractivity contribution in [3.63, 3.8) is 0 Å². The van der Waals surface area contributed by atoms with Crippen LogP contribution in [0, 0.1) is 13.8 Å². The molecule has 0 spiro atoms. The molecule has 0 aliphatic heterocycles. The summed E-state index contributed by atoms with van der Waals surface area (Å²) in [5.41, 5.74) is 3.95. The van der Waals surface area contributed by atoms with Gasteiger partial charge in [-0.1, -0.05) is 47.5 Å². The first-order chi connectivity index (χ1) is 9.47. The van der Waals surface area contributed by atoms with Crippen LogP contribution in [0.5, 0.6) is 0 Å². The fourth-order valence-electron chi connectivity index (χ4n) is 2.45. The Morgan fingerprint density at radius 2 is 1.95 bits per heavy atom. The molecule has 0 heterocycles. The number of carboxylic acid groups (broad SMARTS) is 1. The summed E-state index contributed by atoms with van der Waals surface area (Å²) in [6.45, 7) is 3.96. The molecule has 0 bridgehead atoms. The highest BCUT2D eigenvalue weighted by Crippen LogP contribution is 2.26. The molecular formula is C17H17ClO2. The van der Waals surface area contributed by atoms with Gasteiger partial charge in [0.25, 0.3) is 0 Å². The van der Waals surface area contributed by atoms with Gasteiger partial charge in [0.15, 0.2) is 0 Å². The van der Waals surface area contributed by atoms with Crippen LogP contribution in [0.25, 0.3) is 0 Å². The Balaban J connectivity index is 2.34. The standard InChI is InChI=1S/C17H17ClO2/c1-11-6-7-15(12(2)8-11)16(17(19)20)10-13-4-3-5-14(18)9-13/h3-9,16H,10H2,1-2H3,(H,19,20). The van der Waals surface area contributed by atoms with E-state index in [0.717, 1.165) is 22.3 Å². The molecule has 104 valence electrons. The summed E-state index contributed by atoms with van der Waals surface area (Å²) in [6, 6.07) is 13.2. The van der Waals surface area contributed by atoms with Gasteiger partial charge >= 0.3 is 5.97 Å². The second-order valence-electron chi connectivity index (χ2n) is 5.08. The van der Waals surface area contributed by atoms with E-state index in [1.54, 1.807) is 6.07 Å². The molecule has 0 saturated heterocycles. The van der Waals surface area contributed by atoms with Crippen molar-refractivity contribution < 1.29 is 9.90 Å². The highest BCUT2D eigenvalue weighted by molar-refractivity contribution is 6.30. The van der Waals surface area contributed by atoms with Gasteiger partial charge in [0.1, 0.15) is 0 Å². The number of aryl methyl sites for hydroxylation is 2. The van der Waals surface area contributed by atoms with E-state index in [0.29, 0.717) is 11.4 Å². The molecule has 0 fully saturated rings. The van der Waals surface area contributed by atoms with Crippen LogP contribution in [0.3, 0.4) is 0 Å². The van der Waals surface area contributed by atoms with Crippen molar-refractivity contribution in [1.29, 1.82) is 0 Å². The SMILES string of the molecule is Cc1ccc(C(Cc2cccc(Cl)c2)C(=O)O)c(C)c1. The normalized spacial score (nSPS) is 12.2. The van der Waals surface area contributed by atoms with E-state index in [9.17, 15) is 9.90 Å². The quantitative estimate of drug-likeness (QED) is 0.907. The van der Waals surface area contributed by atoms with E-state index in [2.05, 4.69) is 0 Å². The summed E-state index contributed by atoms with van der Waals surface area (Å²) in [4.78, 5) is 11.6. The van der Waals surface area contributed by atoms with Gasteiger partial charge in [0, 0.05) is 5.02 Å². The minimum Gasteiger partial charge on any atom is -0.481 e. The lowest BCUT2D eigenvalue weighted by atomic mass is 9.88. The summed E-state index contributed by atoms with van der Waals surface area (Å²) in [5, 5.41) is 10.1. The van der Waals surface area contributed by atoms with Crippen LogP contribution in [0.4, 0.5) is 0 Å². The van der Waals surface area contributed by atoms with Crippen molar-refractivity contribution in [2.45, 2.75) is 26.2 Å². The van der Waals surface area contributed by atoms with Crippen LogP contribution in [0.2, 0.25) is 5.02 Å². The molecule has 1 atom stereocenters.